The van der Waals surface area contributed by atoms with Gasteiger partial charge in [-0.15, -0.1) is 0 Å². The van der Waals surface area contributed by atoms with E-state index < -0.39 is 0 Å². The summed E-state index contributed by atoms with van der Waals surface area (Å²) >= 11 is 0. The van der Waals surface area contributed by atoms with Crippen LogP contribution in [0.2, 0.25) is 0 Å². The van der Waals surface area contributed by atoms with Crippen LogP contribution in [-0.4, -0.2) is 18.9 Å². The second-order valence-corrected chi connectivity index (χ2v) is 2.91. The number of fused-ring (bicyclic) bond motifs is 1. The van der Waals surface area contributed by atoms with E-state index in [1.54, 1.807) is 13.3 Å². The highest BCUT2D eigenvalue weighted by Gasteiger charge is 1.96. The lowest BCUT2D eigenvalue weighted by atomic mass is 10.2. The zero-order chi connectivity index (χ0) is 9.80. The van der Waals surface area contributed by atoms with Gasteiger partial charge in [0, 0.05) is 12.5 Å². The van der Waals surface area contributed by atoms with E-state index in [1.165, 1.54) is 0 Å². The molecular weight excluding hydrogens is 178 g/mol. The van der Waals surface area contributed by atoms with Gasteiger partial charge in [0.15, 0.2) is 6.79 Å². The molecule has 2 aromatic rings. The SMILES string of the molecule is COCOc1cnc2ccccc2c1. The summed E-state index contributed by atoms with van der Waals surface area (Å²) < 4.78 is 10.1. The molecule has 0 radical (unpaired) electrons. The molecule has 3 heteroatoms. The Balaban J connectivity index is 2.32. The number of benzene rings is 1. The van der Waals surface area contributed by atoms with Crippen LogP contribution < -0.4 is 4.74 Å². The van der Waals surface area contributed by atoms with Crippen LogP contribution in [-0.2, 0) is 4.74 Å². The Bertz CT molecular complexity index is 428. The molecule has 0 aliphatic heterocycles. The molecule has 0 atom stereocenters. The Morgan fingerprint density at radius 1 is 1.29 bits per heavy atom. The Labute approximate surface area is 82.3 Å². The first kappa shape index (κ1) is 8.97. The summed E-state index contributed by atoms with van der Waals surface area (Å²) in [5.41, 5.74) is 0.970. The summed E-state index contributed by atoms with van der Waals surface area (Å²) in [5.74, 6) is 0.727. The van der Waals surface area contributed by atoms with Gasteiger partial charge < -0.3 is 9.47 Å². The van der Waals surface area contributed by atoms with E-state index in [4.69, 9.17) is 9.47 Å². The maximum Gasteiger partial charge on any atom is 0.188 e. The second-order valence-electron chi connectivity index (χ2n) is 2.91. The zero-order valence-electron chi connectivity index (χ0n) is 7.93. The van der Waals surface area contributed by atoms with Gasteiger partial charge >= 0.3 is 0 Å². The lowest BCUT2D eigenvalue weighted by Crippen LogP contribution is -1.98. The molecular formula is C11H11NO2. The smallest absolute Gasteiger partial charge is 0.188 e. The van der Waals surface area contributed by atoms with Crippen LogP contribution in [0.1, 0.15) is 0 Å². The maximum atomic E-state index is 5.28. The highest BCUT2D eigenvalue weighted by Crippen LogP contribution is 2.17. The van der Waals surface area contributed by atoms with Gasteiger partial charge in [-0.2, -0.15) is 0 Å². The summed E-state index contributed by atoms with van der Waals surface area (Å²) in [6, 6.07) is 9.86. The number of hydrogen-bond donors (Lipinski definition) is 0. The molecule has 0 saturated carbocycles. The number of hydrogen-bond acceptors (Lipinski definition) is 3. The molecule has 0 unspecified atom stereocenters. The van der Waals surface area contributed by atoms with Gasteiger partial charge in [0.1, 0.15) is 5.75 Å². The van der Waals surface area contributed by atoms with E-state index in [2.05, 4.69) is 4.98 Å². The van der Waals surface area contributed by atoms with Crippen LogP contribution in [0.4, 0.5) is 0 Å². The number of pyridine rings is 1. The average molecular weight is 189 g/mol. The third kappa shape index (κ3) is 1.83. The molecule has 0 aliphatic rings. The van der Waals surface area contributed by atoms with Crippen molar-refractivity contribution in [2.24, 2.45) is 0 Å². The Kier molecular flexibility index (Phi) is 2.60. The van der Waals surface area contributed by atoms with Crippen molar-refractivity contribution in [3.05, 3.63) is 36.5 Å². The van der Waals surface area contributed by atoms with Crippen LogP contribution in [0.3, 0.4) is 0 Å². The zero-order valence-corrected chi connectivity index (χ0v) is 7.93. The predicted octanol–water partition coefficient (Wildman–Crippen LogP) is 2.22. The number of para-hydroxylation sites is 1. The molecule has 1 aromatic carbocycles. The summed E-state index contributed by atoms with van der Waals surface area (Å²) in [6.45, 7) is 0.250. The Hall–Kier alpha value is -1.61. The van der Waals surface area contributed by atoms with Crippen LogP contribution in [0.5, 0.6) is 5.75 Å². The fourth-order valence-corrected chi connectivity index (χ4v) is 1.26. The second kappa shape index (κ2) is 4.07. The quantitative estimate of drug-likeness (QED) is 0.694. The molecule has 0 amide bonds. The minimum absolute atomic E-state index is 0.250. The summed E-state index contributed by atoms with van der Waals surface area (Å²) in [7, 11) is 1.59. The van der Waals surface area contributed by atoms with Crippen LogP contribution in [0.15, 0.2) is 36.5 Å². The van der Waals surface area contributed by atoms with Crippen LogP contribution in [0.25, 0.3) is 10.9 Å². The molecule has 14 heavy (non-hydrogen) atoms. The largest absolute Gasteiger partial charge is 0.466 e. The lowest BCUT2D eigenvalue weighted by molar-refractivity contribution is 0.0510. The first-order valence-electron chi connectivity index (χ1n) is 4.36. The van der Waals surface area contributed by atoms with E-state index in [-0.39, 0.29) is 6.79 Å². The number of aromatic nitrogens is 1. The van der Waals surface area contributed by atoms with Crippen LogP contribution >= 0.6 is 0 Å². The molecule has 0 bridgehead atoms. The summed E-state index contributed by atoms with van der Waals surface area (Å²) in [5, 5.41) is 1.07. The Morgan fingerprint density at radius 2 is 2.14 bits per heavy atom. The minimum atomic E-state index is 0.250. The van der Waals surface area contributed by atoms with E-state index in [1.807, 2.05) is 30.3 Å². The van der Waals surface area contributed by atoms with E-state index in [0.717, 1.165) is 16.7 Å². The molecule has 1 aromatic heterocycles. The van der Waals surface area contributed by atoms with E-state index in [0.29, 0.717) is 0 Å². The van der Waals surface area contributed by atoms with Crippen molar-refractivity contribution in [1.29, 1.82) is 0 Å². The third-order valence-electron chi connectivity index (χ3n) is 1.91. The monoisotopic (exact) mass is 189 g/mol. The van der Waals surface area contributed by atoms with Gasteiger partial charge in [-0.05, 0) is 12.1 Å². The van der Waals surface area contributed by atoms with Crippen molar-refractivity contribution in [2.75, 3.05) is 13.9 Å². The van der Waals surface area contributed by atoms with Crippen molar-refractivity contribution >= 4 is 10.9 Å². The van der Waals surface area contributed by atoms with Crippen LogP contribution in [0, 0.1) is 0 Å². The molecule has 0 aliphatic carbocycles. The van der Waals surface area contributed by atoms with Crippen molar-refractivity contribution in [3.8, 4) is 5.75 Å². The normalized spacial score (nSPS) is 10.4. The van der Waals surface area contributed by atoms with Gasteiger partial charge in [-0.3, -0.25) is 4.98 Å². The van der Waals surface area contributed by atoms with E-state index >= 15 is 0 Å². The van der Waals surface area contributed by atoms with Crippen molar-refractivity contribution in [3.63, 3.8) is 0 Å². The summed E-state index contributed by atoms with van der Waals surface area (Å²) in [6.07, 6.45) is 1.70. The number of methoxy groups -OCH3 is 1. The van der Waals surface area contributed by atoms with Gasteiger partial charge in [0.05, 0.1) is 11.7 Å². The average Bonchev–Trinajstić information content (AvgIpc) is 2.26. The molecule has 0 N–H and O–H groups in total. The van der Waals surface area contributed by atoms with Gasteiger partial charge in [-0.25, -0.2) is 0 Å². The van der Waals surface area contributed by atoms with Gasteiger partial charge in [-0.1, -0.05) is 18.2 Å². The van der Waals surface area contributed by atoms with Crippen molar-refractivity contribution in [1.82, 2.24) is 4.98 Å². The summed E-state index contributed by atoms with van der Waals surface area (Å²) in [4.78, 5) is 4.25. The van der Waals surface area contributed by atoms with Crippen molar-refractivity contribution < 1.29 is 9.47 Å². The Morgan fingerprint density at radius 3 is 3.00 bits per heavy atom. The standard InChI is InChI=1S/C11H11NO2/c1-13-8-14-10-6-9-4-2-3-5-11(9)12-7-10/h2-7H,8H2,1H3. The highest BCUT2D eigenvalue weighted by atomic mass is 16.7. The first-order valence-corrected chi connectivity index (χ1v) is 4.36. The fourth-order valence-electron chi connectivity index (χ4n) is 1.26. The molecule has 2 rings (SSSR count). The number of ether oxygens (including phenoxy) is 2. The number of nitrogens with zero attached hydrogens (tertiary/aromatic N) is 1. The maximum absolute atomic E-state index is 5.28. The molecule has 0 fully saturated rings. The topological polar surface area (TPSA) is 31.4 Å². The highest BCUT2D eigenvalue weighted by molar-refractivity contribution is 5.79. The molecule has 72 valence electrons. The molecule has 1 heterocycles. The predicted molar refractivity (Wildman–Crippen MR) is 54.2 cm³/mol. The van der Waals surface area contributed by atoms with Gasteiger partial charge in [0.2, 0.25) is 0 Å². The lowest BCUT2D eigenvalue weighted by Gasteiger charge is -2.04. The minimum Gasteiger partial charge on any atom is -0.466 e. The van der Waals surface area contributed by atoms with Gasteiger partial charge in [0.25, 0.3) is 0 Å². The molecule has 0 spiro atoms. The van der Waals surface area contributed by atoms with Crippen molar-refractivity contribution in [2.45, 2.75) is 0 Å². The third-order valence-corrected chi connectivity index (χ3v) is 1.91. The number of rotatable bonds is 3. The molecule has 0 saturated heterocycles. The van der Waals surface area contributed by atoms with E-state index in [9.17, 15) is 0 Å². The molecule has 3 nitrogen and oxygen atoms in total. The fraction of sp³-hybridized carbons (Fsp3) is 0.182. The first-order chi connectivity index (χ1) is 6.90.